The summed E-state index contributed by atoms with van der Waals surface area (Å²) in [5.41, 5.74) is 0.799. The Morgan fingerprint density at radius 1 is 1.31 bits per heavy atom. The molecule has 2 aromatic rings. The minimum Gasteiger partial charge on any atom is -0.465 e. The van der Waals surface area contributed by atoms with Gasteiger partial charge in [0.25, 0.3) is 0 Å². The van der Waals surface area contributed by atoms with Crippen LogP contribution >= 0.6 is 38.5 Å². The monoisotopic (exact) mass is 598 g/mol. The highest BCUT2D eigenvalue weighted by Crippen LogP contribution is 2.41. The van der Waals surface area contributed by atoms with Gasteiger partial charge >= 0.3 is 16.3 Å². The van der Waals surface area contributed by atoms with Gasteiger partial charge in [0.1, 0.15) is 10.1 Å². The Kier molecular flexibility index (Phi) is 5.44. The predicted octanol–water partition coefficient (Wildman–Crippen LogP) is 2.22. The normalized spacial score (nSPS) is 24.4. The smallest absolute Gasteiger partial charge is 0.404 e. The highest BCUT2D eigenvalue weighted by atomic mass is 127. The van der Waals surface area contributed by atoms with E-state index in [-0.39, 0.29) is 23.8 Å². The molecular weight excluding hydrogens is 579 g/mol. The molecule has 3 atom stereocenters. The van der Waals surface area contributed by atoms with Gasteiger partial charge in [-0.25, -0.2) is 18.7 Å². The Hall–Kier alpha value is -1.19. The van der Waals surface area contributed by atoms with Crippen molar-refractivity contribution in [1.29, 1.82) is 0 Å². The highest BCUT2D eigenvalue weighted by molar-refractivity contribution is 14.1. The molecule has 13 heteroatoms. The number of halogens is 2. The molecule has 2 aromatic heterocycles. The van der Waals surface area contributed by atoms with Crippen LogP contribution in [0.2, 0.25) is 0 Å². The average molecular weight is 599 g/mol. The maximum absolute atomic E-state index is 12.7. The second-order valence-corrected chi connectivity index (χ2v) is 11.4. The van der Waals surface area contributed by atoms with E-state index in [0.717, 1.165) is 21.1 Å². The number of aromatic nitrogens is 3. The molecule has 158 valence electrons. The first-order chi connectivity index (χ1) is 13.6. The lowest BCUT2D eigenvalue weighted by molar-refractivity contribution is 0.185. The summed E-state index contributed by atoms with van der Waals surface area (Å²) in [7, 11) is -0.795. The van der Waals surface area contributed by atoms with Crippen LogP contribution in [0.1, 0.15) is 25.7 Å². The van der Waals surface area contributed by atoms with Crippen molar-refractivity contribution in [2.45, 2.75) is 43.8 Å². The maximum atomic E-state index is 12.7. The van der Waals surface area contributed by atoms with Gasteiger partial charge in [0, 0.05) is 38.4 Å². The first-order valence-electron chi connectivity index (χ1n) is 9.04. The van der Waals surface area contributed by atoms with E-state index in [1.54, 1.807) is 0 Å². The number of carbonyl (C=O) groups is 1. The molecule has 2 N–H and O–H groups in total. The number of carboxylic acid groups (broad SMARTS) is 1. The predicted molar refractivity (Wildman–Crippen MR) is 119 cm³/mol. The Morgan fingerprint density at radius 3 is 2.48 bits per heavy atom. The van der Waals surface area contributed by atoms with Gasteiger partial charge in [0.2, 0.25) is 0 Å². The molecule has 4 rings (SSSR count). The van der Waals surface area contributed by atoms with Crippen molar-refractivity contribution in [3.8, 4) is 0 Å². The fraction of sp³-hybridized carbons (Fsp3) is 0.562. The van der Waals surface area contributed by atoms with Crippen molar-refractivity contribution >= 4 is 71.8 Å². The Balaban J connectivity index is 1.78. The second kappa shape index (κ2) is 7.50. The van der Waals surface area contributed by atoms with Crippen LogP contribution in [0.4, 0.5) is 10.6 Å². The number of anilines is 1. The van der Waals surface area contributed by atoms with Crippen molar-refractivity contribution in [1.82, 2.24) is 23.6 Å². The third kappa shape index (κ3) is 3.59. The van der Waals surface area contributed by atoms with E-state index in [9.17, 15) is 13.2 Å². The van der Waals surface area contributed by atoms with Gasteiger partial charge in [-0.1, -0.05) is 0 Å². The first-order valence-corrected chi connectivity index (χ1v) is 12.3. The molecule has 0 radical (unpaired) electrons. The van der Waals surface area contributed by atoms with Crippen LogP contribution in [0.3, 0.4) is 0 Å². The van der Waals surface area contributed by atoms with Crippen LogP contribution in [0.15, 0.2) is 10.8 Å². The summed E-state index contributed by atoms with van der Waals surface area (Å²) in [5.74, 6) is 0.600. The standard InChI is InChI=1S/C16H20BrIN6O4S/c1-22(2)29(27,28)23-7-11(18)12-14(23)21-15(13(17)20-12)24-9-3-4-10(24)6-8(5-9)19-16(25)26/h7-10,19H,3-6H2,1-2H3,(H,25,26)/t8?,9-,10+. The van der Waals surface area contributed by atoms with Crippen molar-refractivity contribution in [3.63, 3.8) is 0 Å². The quantitative estimate of drug-likeness (QED) is 0.518. The zero-order valence-electron chi connectivity index (χ0n) is 15.7. The third-order valence-corrected chi connectivity index (χ3v) is 8.52. The van der Waals surface area contributed by atoms with E-state index in [1.165, 1.54) is 20.3 Å². The van der Waals surface area contributed by atoms with Crippen LogP contribution in [0.5, 0.6) is 0 Å². The van der Waals surface area contributed by atoms with Gasteiger partial charge in [0.15, 0.2) is 11.5 Å². The SMILES string of the molecule is CN(C)S(=O)(=O)n1cc(I)c2nc(Br)c(N3[C@@H]4CC[C@H]3CC(NC(=O)O)C4)nc21. The third-order valence-electron chi connectivity index (χ3n) is 5.50. The fourth-order valence-electron chi connectivity index (χ4n) is 4.27. The topological polar surface area (TPSA) is 121 Å². The van der Waals surface area contributed by atoms with Gasteiger partial charge in [-0.05, 0) is 64.2 Å². The molecule has 1 amide bonds. The molecular formula is C16H20BrIN6O4S. The summed E-state index contributed by atoms with van der Waals surface area (Å²) >= 11 is 5.57. The summed E-state index contributed by atoms with van der Waals surface area (Å²) in [5, 5.41) is 11.6. The maximum Gasteiger partial charge on any atom is 0.404 e. The Labute approximate surface area is 190 Å². The molecule has 0 spiro atoms. The van der Waals surface area contributed by atoms with Gasteiger partial charge in [-0.3, -0.25) is 0 Å². The van der Waals surface area contributed by atoms with E-state index in [2.05, 4.69) is 53.7 Å². The van der Waals surface area contributed by atoms with E-state index in [4.69, 9.17) is 10.1 Å². The Bertz CT molecular complexity index is 1080. The summed E-state index contributed by atoms with van der Waals surface area (Å²) < 4.78 is 29.0. The summed E-state index contributed by atoms with van der Waals surface area (Å²) in [6, 6.07) is 0.166. The van der Waals surface area contributed by atoms with Crippen molar-refractivity contribution in [3.05, 3.63) is 14.4 Å². The number of hydrogen-bond acceptors (Lipinski definition) is 6. The minimum atomic E-state index is -3.74. The van der Waals surface area contributed by atoms with E-state index < -0.39 is 16.3 Å². The molecule has 0 aromatic carbocycles. The zero-order chi connectivity index (χ0) is 21.1. The van der Waals surface area contributed by atoms with Gasteiger partial charge in [-0.2, -0.15) is 12.7 Å². The average Bonchev–Trinajstić information content (AvgIpc) is 3.08. The molecule has 0 aliphatic carbocycles. The van der Waals surface area contributed by atoms with E-state index >= 15 is 0 Å². The zero-order valence-corrected chi connectivity index (χ0v) is 20.3. The lowest BCUT2D eigenvalue weighted by Crippen LogP contribution is -2.50. The molecule has 2 fully saturated rings. The number of fused-ring (bicyclic) bond motifs is 3. The molecule has 29 heavy (non-hydrogen) atoms. The van der Waals surface area contributed by atoms with Gasteiger partial charge in [0.05, 0.1) is 3.57 Å². The summed E-state index contributed by atoms with van der Waals surface area (Å²) in [6.45, 7) is 0. The van der Waals surface area contributed by atoms with Gasteiger partial charge < -0.3 is 15.3 Å². The largest absolute Gasteiger partial charge is 0.465 e. The summed E-state index contributed by atoms with van der Waals surface area (Å²) in [6.07, 6.45) is 3.75. The van der Waals surface area contributed by atoms with Gasteiger partial charge in [-0.15, -0.1) is 0 Å². The number of nitrogens with zero attached hydrogens (tertiary/aromatic N) is 5. The van der Waals surface area contributed by atoms with Crippen LogP contribution in [-0.4, -0.2) is 70.1 Å². The fourth-order valence-corrected chi connectivity index (χ4v) is 6.50. The number of amides is 1. The lowest BCUT2D eigenvalue weighted by atomic mass is 9.97. The first kappa shape index (κ1) is 21.1. The number of nitrogens with one attached hydrogen (secondary N) is 1. The van der Waals surface area contributed by atoms with Crippen LogP contribution in [0.25, 0.3) is 11.2 Å². The molecule has 4 heterocycles. The molecule has 10 nitrogen and oxygen atoms in total. The van der Waals surface area contributed by atoms with E-state index in [0.29, 0.717) is 32.3 Å². The molecule has 2 aliphatic heterocycles. The molecule has 2 saturated heterocycles. The number of piperidine rings is 1. The Morgan fingerprint density at radius 2 is 1.93 bits per heavy atom. The lowest BCUT2D eigenvalue weighted by Gasteiger charge is -2.39. The molecule has 0 saturated carbocycles. The minimum absolute atomic E-state index is 0.0874. The highest BCUT2D eigenvalue weighted by Gasteiger charge is 2.43. The number of rotatable bonds is 4. The molecule has 2 bridgehead atoms. The molecule has 1 unspecified atom stereocenters. The van der Waals surface area contributed by atoms with Crippen LogP contribution in [0, 0.1) is 3.57 Å². The van der Waals surface area contributed by atoms with Crippen molar-refractivity contribution in [2.24, 2.45) is 0 Å². The van der Waals surface area contributed by atoms with E-state index in [1.807, 2.05) is 0 Å². The van der Waals surface area contributed by atoms with Crippen LogP contribution in [-0.2, 0) is 10.2 Å². The summed E-state index contributed by atoms with van der Waals surface area (Å²) in [4.78, 5) is 22.5. The second-order valence-electron chi connectivity index (χ2n) is 7.48. The van der Waals surface area contributed by atoms with Crippen LogP contribution < -0.4 is 10.2 Å². The molecule has 2 aliphatic rings. The van der Waals surface area contributed by atoms with Crippen molar-refractivity contribution in [2.75, 3.05) is 19.0 Å². The number of hydrogen-bond donors (Lipinski definition) is 2. The van der Waals surface area contributed by atoms with Crippen molar-refractivity contribution < 1.29 is 18.3 Å².